The van der Waals surface area contributed by atoms with E-state index in [1.165, 1.54) is 11.1 Å². The van der Waals surface area contributed by atoms with Crippen molar-refractivity contribution in [3.05, 3.63) is 71.8 Å². The maximum Gasteiger partial charge on any atom is 0.0598 e. The van der Waals surface area contributed by atoms with E-state index in [1.807, 2.05) is 0 Å². The Morgan fingerprint density at radius 1 is 0.857 bits per heavy atom. The minimum Gasteiger partial charge on any atom is -0.292 e. The Morgan fingerprint density at radius 3 is 1.76 bits per heavy atom. The molecule has 1 saturated heterocycles. The van der Waals surface area contributed by atoms with Crippen molar-refractivity contribution in [1.29, 1.82) is 0 Å². The minimum atomic E-state index is 0.133. The van der Waals surface area contributed by atoms with Gasteiger partial charge in [-0.3, -0.25) is 4.90 Å². The van der Waals surface area contributed by atoms with Gasteiger partial charge >= 0.3 is 0 Å². The lowest BCUT2D eigenvalue weighted by molar-refractivity contribution is 0.197. The molecule has 21 heavy (non-hydrogen) atoms. The van der Waals surface area contributed by atoms with E-state index >= 15 is 0 Å². The van der Waals surface area contributed by atoms with Gasteiger partial charge in [-0.1, -0.05) is 66.6 Å². The SMILES string of the molecule is C#CCN1CCC(c2ccccc2)(c2ccccc2)CC1. The van der Waals surface area contributed by atoms with Crippen LogP contribution in [0.5, 0.6) is 0 Å². The number of terminal acetylenes is 1. The molecule has 0 N–H and O–H groups in total. The molecular formula is C20H21N. The van der Waals surface area contributed by atoms with Gasteiger partial charge in [0.05, 0.1) is 6.54 Å². The highest BCUT2D eigenvalue weighted by Crippen LogP contribution is 2.41. The van der Waals surface area contributed by atoms with Gasteiger partial charge in [-0.25, -0.2) is 0 Å². The van der Waals surface area contributed by atoms with Crippen LogP contribution in [0.2, 0.25) is 0 Å². The van der Waals surface area contributed by atoms with Crippen molar-refractivity contribution < 1.29 is 0 Å². The van der Waals surface area contributed by atoms with Crippen molar-refractivity contribution in [2.24, 2.45) is 0 Å². The number of benzene rings is 2. The molecule has 0 atom stereocenters. The van der Waals surface area contributed by atoms with E-state index in [9.17, 15) is 0 Å². The molecule has 1 aliphatic rings. The summed E-state index contributed by atoms with van der Waals surface area (Å²) in [4.78, 5) is 2.38. The molecule has 2 aromatic rings. The number of rotatable bonds is 3. The summed E-state index contributed by atoms with van der Waals surface area (Å²) in [6, 6.07) is 21.8. The smallest absolute Gasteiger partial charge is 0.0598 e. The van der Waals surface area contributed by atoms with Crippen LogP contribution in [-0.4, -0.2) is 24.5 Å². The average molecular weight is 275 g/mol. The summed E-state index contributed by atoms with van der Waals surface area (Å²) in [5.41, 5.74) is 2.99. The standard InChI is InChI=1S/C20H21N/c1-2-15-21-16-13-20(14-17-21,18-9-5-3-6-10-18)19-11-7-4-8-12-19/h1,3-12H,13-17H2. The van der Waals surface area contributed by atoms with Crippen molar-refractivity contribution in [2.45, 2.75) is 18.3 Å². The highest BCUT2D eigenvalue weighted by Gasteiger charge is 2.37. The lowest BCUT2D eigenvalue weighted by atomic mass is 9.68. The van der Waals surface area contributed by atoms with Crippen LogP contribution in [0.4, 0.5) is 0 Å². The van der Waals surface area contributed by atoms with E-state index in [1.54, 1.807) is 0 Å². The number of piperidine rings is 1. The van der Waals surface area contributed by atoms with Crippen molar-refractivity contribution in [3.8, 4) is 12.3 Å². The van der Waals surface area contributed by atoms with Gasteiger partial charge in [0.2, 0.25) is 0 Å². The fourth-order valence-electron chi connectivity index (χ4n) is 3.48. The third-order valence-electron chi connectivity index (χ3n) is 4.68. The maximum absolute atomic E-state index is 5.46. The zero-order valence-electron chi connectivity index (χ0n) is 12.3. The molecule has 1 fully saturated rings. The van der Waals surface area contributed by atoms with E-state index < -0.39 is 0 Å². The van der Waals surface area contributed by atoms with Crippen LogP contribution >= 0.6 is 0 Å². The summed E-state index contributed by atoms with van der Waals surface area (Å²) in [6.07, 6.45) is 7.71. The summed E-state index contributed by atoms with van der Waals surface area (Å²) >= 11 is 0. The summed E-state index contributed by atoms with van der Waals surface area (Å²) in [5.74, 6) is 2.77. The molecule has 0 bridgehead atoms. The van der Waals surface area contributed by atoms with Gasteiger partial charge in [-0.2, -0.15) is 0 Å². The molecule has 1 heterocycles. The van der Waals surface area contributed by atoms with E-state index in [0.29, 0.717) is 0 Å². The monoisotopic (exact) mass is 275 g/mol. The molecular weight excluding hydrogens is 254 g/mol. The molecule has 0 saturated carbocycles. The van der Waals surface area contributed by atoms with Gasteiger partial charge in [-0.05, 0) is 24.0 Å². The Morgan fingerprint density at radius 2 is 1.33 bits per heavy atom. The Labute approximate surface area is 127 Å². The van der Waals surface area contributed by atoms with E-state index in [2.05, 4.69) is 71.5 Å². The second-order valence-electron chi connectivity index (χ2n) is 5.79. The molecule has 1 heteroatoms. The second kappa shape index (κ2) is 6.16. The molecule has 1 aliphatic heterocycles. The second-order valence-corrected chi connectivity index (χ2v) is 5.79. The molecule has 2 aromatic carbocycles. The Hall–Kier alpha value is -2.04. The first-order valence-electron chi connectivity index (χ1n) is 7.62. The molecule has 3 rings (SSSR count). The topological polar surface area (TPSA) is 3.24 Å². The van der Waals surface area contributed by atoms with Crippen molar-refractivity contribution in [3.63, 3.8) is 0 Å². The highest BCUT2D eigenvalue weighted by molar-refractivity contribution is 5.40. The predicted molar refractivity (Wildman–Crippen MR) is 88.2 cm³/mol. The average Bonchev–Trinajstić information content (AvgIpc) is 2.58. The summed E-state index contributed by atoms with van der Waals surface area (Å²) in [5, 5.41) is 0. The molecule has 0 unspecified atom stereocenters. The highest BCUT2D eigenvalue weighted by atomic mass is 15.1. The van der Waals surface area contributed by atoms with E-state index in [0.717, 1.165) is 32.5 Å². The van der Waals surface area contributed by atoms with E-state index in [4.69, 9.17) is 6.42 Å². The number of likely N-dealkylation sites (tertiary alicyclic amines) is 1. The zero-order valence-corrected chi connectivity index (χ0v) is 12.3. The number of nitrogens with zero attached hydrogens (tertiary/aromatic N) is 1. The van der Waals surface area contributed by atoms with Crippen LogP contribution in [0.1, 0.15) is 24.0 Å². The van der Waals surface area contributed by atoms with Crippen molar-refractivity contribution >= 4 is 0 Å². The quantitative estimate of drug-likeness (QED) is 0.772. The first kappa shape index (κ1) is 13.9. The van der Waals surface area contributed by atoms with Crippen LogP contribution in [0.25, 0.3) is 0 Å². The van der Waals surface area contributed by atoms with Crippen LogP contribution in [0.3, 0.4) is 0 Å². The summed E-state index contributed by atoms with van der Waals surface area (Å²) < 4.78 is 0. The third-order valence-corrected chi connectivity index (χ3v) is 4.68. The van der Waals surface area contributed by atoms with Gasteiger partial charge in [0.1, 0.15) is 0 Å². The zero-order chi connectivity index (χ0) is 14.5. The lowest BCUT2D eigenvalue weighted by Crippen LogP contribution is -2.43. The minimum absolute atomic E-state index is 0.133. The first-order valence-corrected chi connectivity index (χ1v) is 7.62. The van der Waals surface area contributed by atoms with Crippen molar-refractivity contribution in [1.82, 2.24) is 4.90 Å². The van der Waals surface area contributed by atoms with Gasteiger partial charge in [0, 0.05) is 18.5 Å². The summed E-state index contributed by atoms with van der Waals surface area (Å²) in [6.45, 7) is 2.89. The molecule has 106 valence electrons. The fourth-order valence-corrected chi connectivity index (χ4v) is 3.48. The van der Waals surface area contributed by atoms with Crippen LogP contribution in [0.15, 0.2) is 60.7 Å². The molecule has 0 aliphatic carbocycles. The van der Waals surface area contributed by atoms with Gasteiger partial charge in [-0.15, -0.1) is 6.42 Å². The molecule has 0 amide bonds. The van der Waals surface area contributed by atoms with E-state index in [-0.39, 0.29) is 5.41 Å². The van der Waals surface area contributed by atoms with Gasteiger partial charge in [0.25, 0.3) is 0 Å². The Kier molecular flexibility index (Phi) is 4.08. The normalized spacial score (nSPS) is 18.0. The lowest BCUT2D eigenvalue weighted by Gasteiger charge is -2.42. The Balaban J connectivity index is 1.96. The largest absolute Gasteiger partial charge is 0.292 e. The third kappa shape index (κ3) is 2.73. The summed E-state index contributed by atoms with van der Waals surface area (Å²) in [7, 11) is 0. The predicted octanol–water partition coefficient (Wildman–Crippen LogP) is 3.70. The molecule has 0 spiro atoms. The fraction of sp³-hybridized carbons (Fsp3) is 0.300. The van der Waals surface area contributed by atoms with Crippen LogP contribution in [0, 0.1) is 12.3 Å². The first-order chi connectivity index (χ1) is 10.3. The van der Waals surface area contributed by atoms with Crippen LogP contribution < -0.4 is 0 Å². The molecule has 0 aromatic heterocycles. The number of hydrogen-bond acceptors (Lipinski definition) is 1. The van der Waals surface area contributed by atoms with Gasteiger partial charge < -0.3 is 0 Å². The van der Waals surface area contributed by atoms with Crippen molar-refractivity contribution in [2.75, 3.05) is 19.6 Å². The number of hydrogen-bond donors (Lipinski definition) is 0. The Bertz CT molecular complexity index is 560. The molecule has 1 nitrogen and oxygen atoms in total. The molecule has 0 radical (unpaired) electrons. The van der Waals surface area contributed by atoms with Crippen LogP contribution in [-0.2, 0) is 5.41 Å². The van der Waals surface area contributed by atoms with Gasteiger partial charge in [0.15, 0.2) is 0 Å². The maximum atomic E-state index is 5.46.